The molecule has 0 spiro atoms. The van der Waals surface area contributed by atoms with Gasteiger partial charge in [-0.05, 0) is 48.9 Å². The molecule has 0 aliphatic rings. The first-order valence-electron chi connectivity index (χ1n) is 9.68. The first-order valence-corrected chi connectivity index (χ1v) is 10.9. The van der Waals surface area contributed by atoms with Crippen molar-refractivity contribution in [3.63, 3.8) is 0 Å². The molecule has 0 aliphatic heterocycles. The molecular weight excluding hydrogens is 428 g/mol. The fourth-order valence-corrected chi connectivity index (χ4v) is 4.82. The maximum absolute atomic E-state index is 6.15. The molecular formula is C23H15ClN6S. The number of nitrogens with zero attached hydrogens (tertiary/aromatic N) is 4. The standard InChI is InChI=1S/C23H15ClN6S/c1-12-9-10-25-11-14(12)15-5-6-17-21(26-15)22(30-29-17)23-27-16-4-2-3-13(20(16)28-23)18-7-8-19(24)31-18/h2-11H,1H3,(H,27,28)(H,29,30). The quantitative estimate of drug-likeness (QED) is 0.339. The number of H-pyrrole nitrogens is 2. The summed E-state index contributed by atoms with van der Waals surface area (Å²) in [6, 6.07) is 15.9. The molecule has 150 valence electrons. The molecule has 0 amide bonds. The van der Waals surface area contributed by atoms with E-state index in [-0.39, 0.29) is 0 Å². The highest BCUT2D eigenvalue weighted by atomic mass is 35.5. The lowest BCUT2D eigenvalue weighted by Gasteiger charge is -2.04. The monoisotopic (exact) mass is 442 g/mol. The maximum Gasteiger partial charge on any atom is 0.161 e. The number of imidazole rings is 1. The Balaban J connectivity index is 1.52. The van der Waals surface area contributed by atoms with Gasteiger partial charge in [-0.3, -0.25) is 10.1 Å². The normalized spacial score (nSPS) is 11.5. The van der Waals surface area contributed by atoms with E-state index in [1.165, 1.54) is 11.3 Å². The summed E-state index contributed by atoms with van der Waals surface area (Å²) in [4.78, 5) is 18.5. The summed E-state index contributed by atoms with van der Waals surface area (Å²) in [7, 11) is 0. The third-order valence-corrected chi connectivity index (χ3v) is 6.56. The number of halogens is 1. The number of aromatic nitrogens is 6. The second-order valence-electron chi connectivity index (χ2n) is 7.25. The van der Waals surface area contributed by atoms with Crippen LogP contribution in [0.2, 0.25) is 4.34 Å². The van der Waals surface area contributed by atoms with E-state index in [4.69, 9.17) is 21.6 Å². The van der Waals surface area contributed by atoms with Crippen molar-refractivity contribution in [3.05, 3.63) is 70.8 Å². The van der Waals surface area contributed by atoms with E-state index >= 15 is 0 Å². The van der Waals surface area contributed by atoms with E-state index in [1.54, 1.807) is 6.20 Å². The second kappa shape index (κ2) is 7.01. The number of nitrogens with one attached hydrogen (secondary N) is 2. The van der Waals surface area contributed by atoms with Gasteiger partial charge in [0.15, 0.2) is 11.5 Å². The molecule has 0 bridgehead atoms. The number of thiophene rings is 1. The van der Waals surface area contributed by atoms with E-state index in [2.05, 4.69) is 33.2 Å². The topological polar surface area (TPSA) is 83.1 Å². The summed E-state index contributed by atoms with van der Waals surface area (Å²) < 4.78 is 0.753. The summed E-state index contributed by atoms with van der Waals surface area (Å²) in [6.07, 6.45) is 3.62. The highest BCUT2D eigenvalue weighted by molar-refractivity contribution is 7.19. The molecule has 5 heterocycles. The van der Waals surface area contributed by atoms with Crippen LogP contribution in [0.25, 0.3) is 55.3 Å². The van der Waals surface area contributed by atoms with Gasteiger partial charge < -0.3 is 4.98 Å². The van der Waals surface area contributed by atoms with Crippen molar-refractivity contribution in [2.75, 3.05) is 0 Å². The zero-order valence-corrected chi connectivity index (χ0v) is 17.9. The largest absolute Gasteiger partial charge is 0.336 e. The maximum atomic E-state index is 6.15. The minimum absolute atomic E-state index is 0.670. The molecule has 2 N–H and O–H groups in total. The number of aryl methyl sites for hydroxylation is 1. The van der Waals surface area contributed by atoms with Crippen LogP contribution in [0, 0.1) is 6.92 Å². The molecule has 0 aliphatic carbocycles. The zero-order chi connectivity index (χ0) is 20.9. The van der Waals surface area contributed by atoms with Crippen LogP contribution in [0.5, 0.6) is 0 Å². The lowest BCUT2D eigenvalue weighted by atomic mass is 10.1. The van der Waals surface area contributed by atoms with Crippen molar-refractivity contribution in [1.29, 1.82) is 0 Å². The average Bonchev–Trinajstić information content (AvgIpc) is 3.50. The van der Waals surface area contributed by atoms with Crippen molar-refractivity contribution < 1.29 is 0 Å². The summed E-state index contributed by atoms with van der Waals surface area (Å²) in [6.45, 7) is 2.05. The van der Waals surface area contributed by atoms with Crippen LogP contribution >= 0.6 is 22.9 Å². The Morgan fingerprint density at radius 3 is 2.68 bits per heavy atom. The molecule has 0 atom stereocenters. The molecule has 0 unspecified atom stereocenters. The highest BCUT2D eigenvalue weighted by Crippen LogP contribution is 2.36. The molecule has 31 heavy (non-hydrogen) atoms. The molecule has 0 saturated heterocycles. The Kier molecular flexibility index (Phi) is 4.12. The molecule has 5 aromatic heterocycles. The third kappa shape index (κ3) is 3.01. The van der Waals surface area contributed by atoms with E-state index in [0.717, 1.165) is 53.7 Å². The van der Waals surface area contributed by atoms with Crippen molar-refractivity contribution in [1.82, 2.24) is 30.1 Å². The first-order chi connectivity index (χ1) is 15.2. The van der Waals surface area contributed by atoms with Crippen LogP contribution in [0.1, 0.15) is 5.56 Å². The summed E-state index contributed by atoms with van der Waals surface area (Å²) in [5, 5.41) is 7.58. The molecule has 6 rings (SSSR count). The molecule has 0 radical (unpaired) electrons. The van der Waals surface area contributed by atoms with Crippen LogP contribution in [-0.2, 0) is 0 Å². The highest BCUT2D eigenvalue weighted by Gasteiger charge is 2.17. The number of rotatable bonds is 3. The van der Waals surface area contributed by atoms with Crippen LogP contribution in [0.3, 0.4) is 0 Å². The smallest absolute Gasteiger partial charge is 0.161 e. The predicted octanol–water partition coefficient (Wildman–Crippen LogP) is 6.25. The van der Waals surface area contributed by atoms with Gasteiger partial charge in [0.25, 0.3) is 0 Å². The van der Waals surface area contributed by atoms with Crippen molar-refractivity contribution >= 4 is 45.0 Å². The van der Waals surface area contributed by atoms with E-state index in [0.29, 0.717) is 11.5 Å². The van der Waals surface area contributed by atoms with Crippen LogP contribution < -0.4 is 0 Å². The lowest BCUT2D eigenvalue weighted by molar-refractivity contribution is 1.10. The number of fused-ring (bicyclic) bond motifs is 2. The minimum Gasteiger partial charge on any atom is -0.336 e. The predicted molar refractivity (Wildman–Crippen MR) is 125 cm³/mol. The Morgan fingerprint density at radius 1 is 0.903 bits per heavy atom. The molecule has 1 aromatic carbocycles. The number of hydrogen-bond acceptors (Lipinski definition) is 5. The molecule has 6 aromatic rings. The van der Waals surface area contributed by atoms with Gasteiger partial charge in [0, 0.05) is 28.4 Å². The van der Waals surface area contributed by atoms with Crippen molar-refractivity contribution in [2.24, 2.45) is 0 Å². The Bertz CT molecular complexity index is 1580. The second-order valence-corrected chi connectivity index (χ2v) is 8.96. The summed E-state index contributed by atoms with van der Waals surface area (Å²) >= 11 is 7.69. The minimum atomic E-state index is 0.670. The Hall–Kier alpha value is -3.55. The van der Waals surface area contributed by atoms with Crippen molar-refractivity contribution in [2.45, 2.75) is 6.92 Å². The fourth-order valence-electron chi connectivity index (χ4n) is 3.75. The molecule has 0 saturated carbocycles. The molecule has 0 fully saturated rings. The Morgan fingerprint density at radius 2 is 1.84 bits per heavy atom. The van der Waals surface area contributed by atoms with Gasteiger partial charge in [-0.15, -0.1) is 11.3 Å². The van der Waals surface area contributed by atoms with Crippen molar-refractivity contribution in [3.8, 4) is 33.2 Å². The number of aromatic amines is 2. The van der Waals surface area contributed by atoms with Gasteiger partial charge in [0.1, 0.15) is 5.52 Å². The SMILES string of the molecule is Cc1ccncc1-c1ccc2[nH]nc(-c3nc4c(-c5ccc(Cl)s5)cccc4[nH]3)c2n1. The lowest BCUT2D eigenvalue weighted by Crippen LogP contribution is -1.90. The third-order valence-electron chi connectivity index (χ3n) is 5.30. The summed E-state index contributed by atoms with van der Waals surface area (Å²) in [5.41, 5.74) is 8.13. The van der Waals surface area contributed by atoms with Gasteiger partial charge in [-0.25, -0.2) is 9.97 Å². The van der Waals surface area contributed by atoms with Gasteiger partial charge in [-0.1, -0.05) is 23.7 Å². The zero-order valence-electron chi connectivity index (χ0n) is 16.3. The molecule has 8 heteroatoms. The number of para-hydroxylation sites is 1. The summed E-state index contributed by atoms with van der Waals surface area (Å²) in [5.74, 6) is 0.670. The van der Waals surface area contributed by atoms with Gasteiger partial charge >= 0.3 is 0 Å². The fraction of sp³-hybridized carbons (Fsp3) is 0.0435. The van der Waals surface area contributed by atoms with Gasteiger partial charge in [0.2, 0.25) is 0 Å². The van der Waals surface area contributed by atoms with Gasteiger partial charge in [0.05, 0.1) is 26.6 Å². The van der Waals surface area contributed by atoms with Crippen LogP contribution in [-0.4, -0.2) is 30.1 Å². The number of benzene rings is 1. The van der Waals surface area contributed by atoms with Gasteiger partial charge in [-0.2, -0.15) is 5.10 Å². The number of pyridine rings is 2. The van der Waals surface area contributed by atoms with Crippen LogP contribution in [0.15, 0.2) is 60.9 Å². The Labute approximate surface area is 186 Å². The van der Waals surface area contributed by atoms with E-state index in [1.807, 2.05) is 48.7 Å². The van der Waals surface area contributed by atoms with E-state index in [9.17, 15) is 0 Å². The van der Waals surface area contributed by atoms with Crippen LogP contribution in [0.4, 0.5) is 0 Å². The molecule has 6 nitrogen and oxygen atoms in total. The number of hydrogen-bond donors (Lipinski definition) is 2. The average molecular weight is 443 g/mol. The first kappa shape index (κ1) is 18.2. The van der Waals surface area contributed by atoms with E-state index < -0.39 is 0 Å².